The van der Waals surface area contributed by atoms with Crippen LogP contribution in [0.4, 0.5) is 4.79 Å². The molecule has 0 spiro atoms. The highest BCUT2D eigenvalue weighted by Crippen LogP contribution is 2.38. The lowest BCUT2D eigenvalue weighted by atomic mass is 10.00. The van der Waals surface area contributed by atoms with Crippen molar-refractivity contribution in [3.05, 3.63) is 136 Å². The SMILES string of the molecule is Cc1ccc(CNC(=O)N2Cc3c(C)nn(-c4ccccc4)c3-n3cccc3[C@@H]2c2cccc(C)c2)cc1. The molecule has 5 aromatic rings. The van der Waals surface area contributed by atoms with Crippen LogP contribution < -0.4 is 5.32 Å². The van der Waals surface area contributed by atoms with Gasteiger partial charge in [-0.25, -0.2) is 9.48 Å². The van der Waals surface area contributed by atoms with Crippen LogP contribution in [0.1, 0.15) is 45.2 Å². The number of hydrogen-bond donors (Lipinski definition) is 1. The summed E-state index contributed by atoms with van der Waals surface area (Å²) in [6, 6.07) is 30.7. The predicted octanol–water partition coefficient (Wildman–Crippen LogP) is 6.40. The lowest BCUT2D eigenvalue weighted by molar-refractivity contribution is 0.180. The van der Waals surface area contributed by atoms with Crippen LogP contribution in [-0.2, 0) is 13.1 Å². The van der Waals surface area contributed by atoms with E-state index >= 15 is 0 Å². The first-order valence-electron chi connectivity index (χ1n) is 13.0. The molecule has 6 heteroatoms. The highest BCUT2D eigenvalue weighted by molar-refractivity contribution is 5.76. The molecule has 0 unspecified atom stereocenters. The van der Waals surface area contributed by atoms with Gasteiger partial charge in [-0.05, 0) is 56.2 Å². The van der Waals surface area contributed by atoms with Gasteiger partial charge in [-0.2, -0.15) is 5.10 Å². The van der Waals surface area contributed by atoms with Gasteiger partial charge in [-0.3, -0.25) is 0 Å². The highest BCUT2D eigenvalue weighted by atomic mass is 16.2. The molecule has 1 N–H and O–H groups in total. The van der Waals surface area contributed by atoms with Crippen LogP contribution in [0, 0.1) is 20.8 Å². The van der Waals surface area contributed by atoms with Crippen molar-refractivity contribution in [2.24, 2.45) is 0 Å². The van der Waals surface area contributed by atoms with Crippen LogP contribution >= 0.6 is 0 Å². The van der Waals surface area contributed by atoms with E-state index in [1.807, 2.05) is 40.8 Å². The lowest BCUT2D eigenvalue weighted by Crippen LogP contribution is -2.41. The monoisotopic (exact) mass is 501 g/mol. The third-order valence-corrected chi connectivity index (χ3v) is 7.27. The van der Waals surface area contributed by atoms with Crippen LogP contribution in [0.3, 0.4) is 0 Å². The number of carbonyl (C=O) groups excluding carboxylic acids is 1. The molecule has 1 aliphatic rings. The summed E-state index contributed by atoms with van der Waals surface area (Å²) < 4.78 is 4.19. The first-order valence-corrected chi connectivity index (χ1v) is 13.0. The summed E-state index contributed by atoms with van der Waals surface area (Å²) in [5.74, 6) is 0.972. The molecule has 0 bridgehead atoms. The van der Waals surface area contributed by atoms with E-state index in [2.05, 4.69) is 96.7 Å². The Hall–Kier alpha value is -4.58. The molecule has 1 aliphatic heterocycles. The van der Waals surface area contributed by atoms with Gasteiger partial charge in [0.2, 0.25) is 0 Å². The number of nitrogens with one attached hydrogen (secondary N) is 1. The van der Waals surface area contributed by atoms with Crippen molar-refractivity contribution < 1.29 is 4.79 Å². The molecule has 0 fully saturated rings. The molecule has 1 atom stereocenters. The summed E-state index contributed by atoms with van der Waals surface area (Å²) >= 11 is 0. The van der Waals surface area contributed by atoms with Crippen molar-refractivity contribution in [2.75, 3.05) is 0 Å². The maximum atomic E-state index is 14.0. The number of nitrogens with zero attached hydrogens (tertiary/aromatic N) is 4. The molecular formula is C32H31N5O. The number of fused-ring (bicyclic) bond motifs is 3. The van der Waals surface area contributed by atoms with Gasteiger partial charge in [0.1, 0.15) is 5.82 Å². The molecule has 190 valence electrons. The first-order chi connectivity index (χ1) is 18.5. The molecule has 3 aromatic carbocycles. The molecule has 38 heavy (non-hydrogen) atoms. The number of aryl methyl sites for hydroxylation is 3. The average molecular weight is 502 g/mol. The number of rotatable bonds is 4. The van der Waals surface area contributed by atoms with E-state index in [4.69, 9.17) is 5.10 Å². The molecule has 3 heterocycles. The zero-order valence-electron chi connectivity index (χ0n) is 21.9. The minimum absolute atomic E-state index is 0.107. The predicted molar refractivity (Wildman–Crippen MR) is 150 cm³/mol. The minimum Gasteiger partial charge on any atom is -0.334 e. The van der Waals surface area contributed by atoms with Gasteiger partial charge < -0.3 is 14.8 Å². The second-order valence-electron chi connectivity index (χ2n) is 10.0. The van der Waals surface area contributed by atoms with Crippen molar-refractivity contribution in [1.29, 1.82) is 0 Å². The molecule has 0 radical (unpaired) electrons. The normalized spacial score (nSPS) is 14.5. The van der Waals surface area contributed by atoms with Crippen LogP contribution in [0.25, 0.3) is 11.5 Å². The zero-order chi connectivity index (χ0) is 26.2. The van der Waals surface area contributed by atoms with Crippen molar-refractivity contribution >= 4 is 6.03 Å². The van der Waals surface area contributed by atoms with Gasteiger partial charge in [0.05, 0.1) is 29.7 Å². The Labute approximate surface area is 223 Å². The van der Waals surface area contributed by atoms with E-state index in [1.165, 1.54) is 5.56 Å². The highest BCUT2D eigenvalue weighted by Gasteiger charge is 2.35. The Morgan fingerprint density at radius 3 is 2.45 bits per heavy atom. The number of hydrogen-bond acceptors (Lipinski definition) is 2. The molecule has 0 saturated carbocycles. The summed E-state index contributed by atoms with van der Waals surface area (Å²) in [6.07, 6.45) is 2.07. The number of para-hydroxylation sites is 1. The fourth-order valence-corrected chi connectivity index (χ4v) is 5.33. The Morgan fingerprint density at radius 1 is 0.895 bits per heavy atom. The van der Waals surface area contributed by atoms with Crippen molar-refractivity contribution in [3.63, 3.8) is 0 Å². The second kappa shape index (κ2) is 9.71. The van der Waals surface area contributed by atoms with Gasteiger partial charge in [0, 0.05) is 18.3 Å². The van der Waals surface area contributed by atoms with Crippen LogP contribution in [0.15, 0.2) is 97.2 Å². The quantitative estimate of drug-likeness (QED) is 0.310. The summed E-state index contributed by atoms with van der Waals surface area (Å²) in [5.41, 5.74) is 8.47. The molecule has 0 aliphatic carbocycles. The lowest BCUT2D eigenvalue weighted by Gasteiger charge is -2.31. The number of amides is 2. The van der Waals surface area contributed by atoms with E-state index in [1.54, 1.807) is 0 Å². The molecule has 2 aromatic heterocycles. The summed E-state index contributed by atoms with van der Waals surface area (Å²) in [7, 11) is 0. The van der Waals surface area contributed by atoms with E-state index < -0.39 is 0 Å². The molecule has 0 saturated heterocycles. The Morgan fingerprint density at radius 2 is 1.68 bits per heavy atom. The van der Waals surface area contributed by atoms with Gasteiger partial charge in [0.15, 0.2) is 0 Å². The van der Waals surface area contributed by atoms with E-state index in [9.17, 15) is 4.79 Å². The third-order valence-electron chi connectivity index (χ3n) is 7.27. The topological polar surface area (TPSA) is 55.1 Å². The van der Waals surface area contributed by atoms with E-state index in [-0.39, 0.29) is 12.1 Å². The number of carbonyl (C=O) groups is 1. The van der Waals surface area contributed by atoms with Gasteiger partial charge in [-0.15, -0.1) is 0 Å². The second-order valence-corrected chi connectivity index (χ2v) is 10.0. The molecular weight excluding hydrogens is 470 g/mol. The van der Waals surface area contributed by atoms with Crippen LogP contribution in [0.2, 0.25) is 0 Å². The number of aromatic nitrogens is 3. The fraction of sp³-hybridized carbons (Fsp3) is 0.188. The van der Waals surface area contributed by atoms with Crippen LogP contribution in [-0.4, -0.2) is 25.3 Å². The zero-order valence-corrected chi connectivity index (χ0v) is 21.9. The van der Waals surface area contributed by atoms with Gasteiger partial charge in [0.25, 0.3) is 0 Å². The van der Waals surface area contributed by atoms with Crippen molar-refractivity contribution in [3.8, 4) is 11.5 Å². The Kier molecular flexibility index (Phi) is 6.08. The minimum atomic E-state index is -0.265. The molecule has 6 nitrogen and oxygen atoms in total. The maximum absolute atomic E-state index is 14.0. The van der Waals surface area contributed by atoms with E-state index in [0.717, 1.165) is 45.1 Å². The molecule has 6 rings (SSSR count). The Bertz CT molecular complexity index is 1600. The van der Waals surface area contributed by atoms with Crippen molar-refractivity contribution in [1.82, 2.24) is 24.6 Å². The number of urea groups is 1. The summed E-state index contributed by atoms with van der Waals surface area (Å²) in [4.78, 5) is 15.9. The fourth-order valence-electron chi connectivity index (χ4n) is 5.33. The number of benzene rings is 3. The third kappa shape index (κ3) is 4.28. The largest absolute Gasteiger partial charge is 0.334 e. The van der Waals surface area contributed by atoms with Gasteiger partial charge in [-0.1, -0.05) is 77.9 Å². The van der Waals surface area contributed by atoms with E-state index in [0.29, 0.717) is 13.1 Å². The first kappa shape index (κ1) is 23.8. The molecule has 2 amide bonds. The van der Waals surface area contributed by atoms with Crippen LogP contribution in [0.5, 0.6) is 0 Å². The Balaban J connectivity index is 1.47. The van der Waals surface area contributed by atoms with Crippen molar-refractivity contribution in [2.45, 2.75) is 39.9 Å². The smallest absolute Gasteiger partial charge is 0.318 e. The summed E-state index contributed by atoms with van der Waals surface area (Å²) in [6.45, 7) is 7.08. The average Bonchev–Trinajstić information content (AvgIpc) is 3.49. The maximum Gasteiger partial charge on any atom is 0.318 e. The summed E-state index contributed by atoms with van der Waals surface area (Å²) in [5, 5.41) is 8.12. The van der Waals surface area contributed by atoms with Gasteiger partial charge >= 0.3 is 6.03 Å². The standard InChI is InChI=1S/C32H31N5O/c1-22-14-16-25(17-15-22)20-33-32(38)36-21-28-24(3)34-37(27-11-5-4-6-12-27)31(28)35-18-8-13-29(35)30(36)26-10-7-9-23(2)19-26/h4-19,30H,20-21H2,1-3H3,(H,33,38)/t30-/m0/s1.